The van der Waals surface area contributed by atoms with Crippen molar-refractivity contribution in [3.63, 3.8) is 0 Å². The third kappa shape index (κ3) is 42.4. The van der Waals surface area contributed by atoms with Gasteiger partial charge in [-0.25, -0.2) is 4.57 Å². The largest absolute Gasteiger partial charge is 0.472 e. The van der Waals surface area contributed by atoms with E-state index >= 15 is 0 Å². The number of carbonyl (C=O) groups is 1. The van der Waals surface area contributed by atoms with Gasteiger partial charge in [0.15, 0.2) is 0 Å². The van der Waals surface area contributed by atoms with Crippen molar-refractivity contribution in [3.8, 4) is 0 Å². The molecule has 326 valence electrons. The second-order valence-electron chi connectivity index (χ2n) is 15.4. The molecule has 0 fully saturated rings. The maximum absolute atomic E-state index is 12.6. The van der Waals surface area contributed by atoms with Gasteiger partial charge >= 0.3 is 13.8 Å². The normalized spacial score (nSPS) is 14.2. The van der Waals surface area contributed by atoms with E-state index in [4.69, 9.17) is 23.6 Å². The fourth-order valence-electron chi connectivity index (χ4n) is 6.39. The maximum atomic E-state index is 12.6. The van der Waals surface area contributed by atoms with Crippen LogP contribution in [0, 0.1) is 0 Å². The molecular formula is C45H87O9P. The van der Waals surface area contributed by atoms with Crippen LogP contribution in [0.3, 0.4) is 0 Å². The Kier molecular flexibility index (Phi) is 41.7. The number of ether oxygens (including phenoxy) is 2. The summed E-state index contributed by atoms with van der Waals surface area (Å²) < 4.78 is 33.4. The van der Waals surface area contributed by atoms with Crippen molar-refractivity contribution in [2.45, 2.75) is 225 Å². The highest BCUT2D eigenvalue weighted by molar-refractivity contribution is 7.47. The van der Waals surface area contributed by atoms with Crippen LogP contribution in [-0.4, -0.2) is 66.3 Å². The summed E-state index contributed by atoms with van der Waals surface area (Å²) in [5.74, 6) is -0.383. The van der Waals surface area contributed by atoms with E-state index in [1.165, 1.54) is 141 Å². The van der Waals surface area contributed by atoms with Gasteiger partial charge in [-0.05, 0) is 44.9 Å². The third-order valence-corrected chi connectivity index (χ3v) is 10.8. The Bertz CT molecular complexity index is 913. The molecule has 0 rings (SSSR count). The van der Waals surface area contributed by atoms with E-state index in [-0.39, 0.29) is 25.6 Å². The van der Waals surface area contributed by atoms with E-state index in [1.54, 1.807) is 0 Å². The van der Waals surface area contributed by atoms with Crippen molar-refractivity contribution in [3.05, 3.63) is 24.3 Å². The Labute approximate surface area is 338 Å². The van der Waals surface area contributed by atoms with E-state index in [9.17, 15) is 19.4 Å². The van der Waals surface area contributed by atoms with Gasteiger partial charge in [0.1, 0.15) is 12.2 Å². The minimum absolute atomic E-state index is 0.0461. The first-order valence-electron chi connectivity index (χ1n) is 22.8. The number of allylic oxidation sites excluding steroid dienone is 4. The molecule has 0 amide bonds. The van der Waals surface area contributed by atoms with Crippen LogP contribution in [0.4, 0.5) is 0 Å². The number of aliphatic hydroxyl groups is 2. The number of rotatable bonds is 44. The Morgan fingerprint density at radius 3 is 1.47 bits per heavy atom. The second-order valence-corrected chi connectivity index (χ2v) is 16.9. The average molecular weight is 803 g/mol. The zero-order chi connectivity index (χ0) is 40.3. The SMILES string of the molecule is CCCCCC/C=C\C/C=C\CCCCCCCCOCC(COP(=O)(O)OCC(O)CO)OC(=O)CCCCCCCCCCCCCCCCCCC. The molecular weight excluding hydrogens is 715 g/mol. The Morgan fingerprint density at radius 1 is 0.564 bits per heavy atom. The van der Waals surface area contributed by atoms with Crippen LogP contribution in [0.25, 0.3) is 0 Å². The maximum Gasteiger partial charge on any atom is 0.472 e. The van der Waals surface area contributed by atoms with Crippen LogP contribution in [-0.2, 0) is 27.9 Å². The van der Waals surface area contributed by atoms with E-state index in [0.29, 0.717) is 6.61 Å². The van der Waals surface area contributed by atoms with Crippen molar-refractivity contribution in [1.82, 2.24) is 0 Å². The third-order valence-electron chi connectivity index (χ3n) is 9.89. The summed E-state index contributed by atoms with van der Waals surface area (Å²) in [6, 6.07) is 0. The van der Waals surface area contributed by atoms with Crippen LogP contribution in [0.1, 0.15) is 213 Å². The molecule has 0 aliphatic rings. The molecule has 9 nitrogen and oxygen atoms in total. The lowest BCUT2D eigenvalue weighted by Gasteiger charge is -2.20. The number of aliphatic hydroxyl groups excluding tert-OH is 2. The molecule has 0 aromatic rings. The second kappa shape index (κ2) is 42.5. The molecule has 0 saturated carbocycles. The highest BCUT2D eigenvalue weighted by Gasteiger charge is 2.26. The number of phosphoric acid groups is 1. The molecule has 0 spiro atoms. The van der Waals surface area contributed by atoms with Crippen molar-refractivity contribution < 1.29 is 43.0 Å². The van der Waals surface area contributed by atoms with E-state index in [0.717, 1.165) is 51.4 Å². The number of esters is 1. The smallest absolute Gasteiger partial charge is 0.457 e. The summed E-state index contributed by atoms with van der Waals surface area (Å²) in [5.41, 5.74) is 0. The highest BCUT2D eigenvalue weighted by Crippen LogP contribution is 2.43. The molecule has 3 N–H and O–H groups in total. The van der Waals surface area contributed by atoms with Gasteiger partial charge in [0.05, 0.1) is 26.4 Å². The van der Waals surface area contributed by atoms with Gasteiger partial charge in [-0.1, -0.05) is 186 Å². The zero-order valence-electron chi connectivity index (χ0n) is 35.7. The highest BCUT2D eigenvalue weighted by atomic mass is 31.2. The molecule has 3 atom stereocenters. The molecule has 55 heavy (non-hydrogen) atoms. The Hall–Kier alpha value is -1.06. The van der Waals surface area contributed by atoms with Gasteiger partial charge in [0.25, 0.3) is 0 Å². The molecule has 0 aliphatic heterocycles. The number of phosphoric ester groups is 1. The van der Waals surface area contributed by atoms with E-state index < -0.39 is 33.2 Å². The average Bonchev–Trinajstić information content (AvgIpc) is 3.18. The Balaban J connectivity index is 4.14. The zero-order valence-corrected chi connectivity index (χ0v) is 36.6. The molecule has 0 aromatic carbocycles. The number of hydrogen-bond acceptors (Lipinski definition) is 8. The lowest BCUT2D eigenvalue weighted by Crippen LogP contribution is -2.29. The lowest BCUT2D eigenvalue weighted by molar-refractivity contribution is -0.154. The summed E-state index contributed by atoms with van der Waals surface area (Å²) in [4.78, 5) is 22.6. The molecule has 0 bridgehead atoms. The van der Waals surface area contributed by atoms with Gasteiger partial charge < -0.3 is 24.6 Å². The van der Waals surface area contributed by atoms with Gasteiger partial charge in [-0.3, -0.25) is 13.8 Å². The fourth-order valence-corrected chi connectivity index (χ4v) is 7.18. The topological polar surface area (TPSA) is 132 Å². The lowest BCUT2D eigenvalue weighted by atomic mass is 10.0. The summed E-state index contributed by atoms with van der Waals surface area (Å²) in [6.07, 6.45) is 44.2. The van der Waals surface area contributed by atoms with Crippen molar-refractivity contribution in [2.24, 2.45) is 0 Å². The van der Waals surface area contributed by atoms with Crippen LogP contribution >= 0.6 is 7.82 Å². The van der Waals surface area contributed by atoms with Crippen LogP contribution in [0.15, 0.2) is 24.3 Å². The Morgan fingerprint density at radius 2 is 0.982 bits per heavy atom. The first-order chi connectivity index (χ1) is 26.8. The predicted octanol–water partition coefficient (Wildman–Crippen LogP) is 12.6. The minimum Gasteiger partial charge on any atom is -0.457 e. The number of unbranched alkanes of at least 4 members (excludes halogenated alkanes) is 26. The predicted molar refractivity (Wildman–Crippen MR) is 228 cm³/mol. The number of hydrogen-bond donors (Lipinski definition) is 3. The van der Waals surface area contributed by atoms with Crippen molar-refractivity contribution in [2.75, 3.05) is 33.0 Å². The monoisotopic (exact) mass is 803 g/mol. The summed E-state index contributed by atoms with van der Waals surface area (Å²) in [6.45, 7) is 3.51. The standard InChI is InChI=1S/C45H87O9P/c1-3-5-7-9-11-13-15-17-19-21-23-25-27-29-31-33-35-37-45(48)54-44(42-53-55(49,50)52-40-43(47)39-46)41-51-38-36-34-32-30-28-26-24-22-20-18-16-14-12-10-8-6-4-2/h14,16,20,22,43-44,46-47H,3-13,15,17-19,21,23-42H2,1-2H3,(H,49,50)/b16-14-,22-20-. The van der Waals surface area contributed by atoms with Crippen LogP contribution in [0.5, 0.6) is 0 Å². The van der Waals surface area contributed by atoms with Crippen molar-refractivity contribution >= 4 is 13.8 Å². The first kappa shape index (κ1) is 53.9. The molecule has 0 aliphatic carbocycles. The van der Waals surface area contributed by atoms with Gasteiger partial charge in [0.2, 0.25) is 0 Å². The van der Waals surface area contributed by atoms with Crippen LogP contribution in [0.2, 0.25) is 0 Å². The van der Waals surface area contributed by atoms with Gasteiger partial charge in [-0.15, -0.1) is 0 Å². The van der Waals surface area contributed by atoms with Crippen LogP contribution < -0.4 is 0 Å². The fraction of sp³-hybridized carbons (Fsp3) is 0.889. The summed E-state index contributed by atoms with van der Waals surface area (Å²) in [7, 11) is -4.52. The molecule has 0 radical (unpaired) electrons. The summed E-state index contributed by atoms with van der Waals surface area (Å²) >= 11 is 0. The molecule has 10 heteroatoms. The molecule has 0 aromatic heterocycles. The first-order valence-corrected chi connectivity index (χ1v) is 24.3. The molecule has 3 unspecified atom stereocenters. The van der Waals surface area contributed by atoms with Gasteiger partial charge in [-0.2, -0.15) is 0 Å². The van der Waals surface area contributed by atoms with E-state index in [1.807, 2.05) is 0 Å². The van der Waals surface area contributed by atoms with Crippen molar-refractivity contribution in [1.29, 1.82) is 0 Å². The van der Waals surface area contributed by atoms with Gasteiger partial charge in [0, 0.05) is 13.0 Å². The molecule has 0 saturated heterocycles. The van der Waals surface area contributed by atoms with E-state index in [2.05, 4.69) is 38.2 Å². The summed E-state index contributed by atoms with van der Waals surface area (Å²) in [5, 5.41) is 18.4. The quantitative estimate of drug-likeness (QED) is 0.0238. The molecule has 0 heterocycles. The minimum atomic E-state index is -4.52. The number of carbonyl (C=O) groups excluding carboxylic acids is 1.